The van der Waals surface area contributed by atoms with Crippen LogP contribution in [0.2, 0.25) is 0 Å². The predicted molar refractivity (Wildman–Crippen MR) is 51.5 cm³/mol. The van der Waals surface area contributed by atoms with E-state index in [1.54, 1.807) is 0 Å². The van der Waals surface area contributed by atoms with Gasteiger partial charge in [0, 0.05) is 6.42 Å². The molecule has 0 radical (unpaired) electrons. The van der Waals surface area contributed by atoms with Crippen molar-refractivity contribution in [3.8, 4) is 6.07 Å². The third-order valence-corrected chi connectivity index (χ3v) is 2.16. The molecule has 0 heterocycles. The molecular weight excluding hydrogens is 200 g/mol. The summed E-state index contributed by atoms with van der Waals surface area (Å²) in [5.74, 6) is -1.09. The molecule has 0 aliphatic rings. The highest BCUT2D eigenvalue weighted by Gasteiger charge is 2.52. The van der Waals surface area contributed by atoms with E-state index < -0.39 is 16.4 Å². The zero-order valence-electron chi connectivity index (χ0n) is 8.86. The van der Waals surface area contributed by atoms with Gasteiger partial charge >= 0.3 is 11.5 Å². The lowest BCUT2D eigenvalue weighted by atomic mass is 9.94. The van der Waals surface area contributed by atoms with Crippen molar-refractivity contribution in [3.05, 3.63) is 10.1 Å². The maximum absolute atomic E-state index is 11.2. The summed E-state index contributed by atoms with van der Waals surface area (Å²) in [6.07, 6.45) is 1.96. The Morgan fingerprint density at radius 1 is 1.60 bits per heavy atom. The zero-order chi connectivity index (χ0) is 11.9. The topological polar surface area (TPSA) is 93.2 Å². The SMILES string of the molecule is CCCCCC(C#N)(C(=O)OC)[N+](=O)[O-]. The van der Waals surface area contributed by atoms with Crippen LogP contribution in [0.15, 0.2) is 0 Å². The van der Waals surface area contributed by atoms with Gasteiger partial charge in [0.25, 0.3) is 0 Å². The predicted octanol–water partition coefficient (Wildman–Crippen LogP) is 1.28. The highest BCUT2D eigenvalue weighted by Crippen LogP contribution is 2.20. The van der Waals surface area contributed by atoms with Gasteiger partial charge in [-0.2, -0.15) is 5.26 Å². The summed E-state index contributed by atoms with van der Waals surface area (Å²) in [6, 6.07) is 1.45. The highest BCUT2D eigenvalue weighted by molar-refractivity contribution is 5.82. The Labute approximate surface area is 88.0 Å². The van der Waals surface area contributed by atoms with E-state index in [2.05, 4.69) is 4.74 Å². The fraction of sp³-hybridized carbons (Fsp3) is 0.778. The molecule has 6 heteroatoms. The van der Waals surface area contributed by atoms with Crippen molar-refractivity contribution in [3.63, 3.8) is 0 Å². The third kappa shape index (κ3) is 2.91. The fourth-order valence-corrected chi connectivity index (χ4v) is 1.21. The second-order valence-corrected chi connectivity index (χ2v) is 3.18. The Bertz CT molecular complexity index is 284. The van der Waals surface area contributed by atoms with Crippen molar-refractivity contribution in [1.29, 1.82) is 5.26 Å². The van der Waals surface area contributed by atoms with E-state index in [-0.39, 0.29) is 6.42 Å². The highest BCUT2D eigenvalue weighted by atomic mass is 16.6. The molecular formula is C9H14N2O4. The number of unbranched alkanes of at least 4 members (excludes halogenated alkanes) is 2. The molecule has 0 aliphatic heterocycles. The van der Waals surface area contributed by atoms with Crippen LogP contribution in [0.1, 0.15) is 32.6 Å². The van der Waals surface area contributed by atoms with Gasteiger partial charge in [0.2, 0.25) is 0 Å². The average Bonchev–Trinajstić information content (AvgIpc) is 2.23. The van der Waals surface area contributed by atoms with Crippen LogP contribution in [0.4, 0.5) is 0 Å². The molecule has 0 saturated heterocycles. The lowest BCUT2D eigenvalue weighted by Gasteiger charge is -2.14. The molecule has 0 aliphatic carbocycles. The normalized spacial score (nSPS) is 13.7. The summed E-state index contributed by atoms with van der Waals surface area (Å²) in [5.41, 5.74) is -2.23. The van der Waals surface area contributed by atoms with Crippen LogP contribution in [-0.2, 0) is 9.53 Å². The Morgan fingerprint density at radius 3 is 2.53 bits per heavy atom. The molecule has 84 valence electrons. The van der Waals surface area contributed by atoms with Gasteiger partial charge < -0.3 is 4.74 Å². The first-order chi connectivity index (χ1) is 7.05. The molecule has 0 saturated carbocycles. The number of methoxy groups -OCH3 is 1. The molecule has 0 aromatic carbocycles. The fourth-order valence-electron chi connectivity index (χ4n) is 1.21. The lowest BCUT2D eigenvalue weighted by molar-refractivity contribution is -0.539. The molecule has 0 fully saturated rings. The summed E-state index contributed by atoms with van der Waals surface area (Å²) in [5, 5.41) is 19.5. The summed E-state index contributed by atoms with van der Waals surface area (Å²) >= 11 is 0. The molecule has 6 nitrogen and oxygen atoms in total. The number of ether oxygens (including phenoxy) is 1. The van der Waals surface area contributed by atoms with E-state index in [9.17, 15) is 14.9 Å². The van der Waals surface area contributed by atoms with Crippen LogP contribution in [-0.4, -0.2) is 23.5 Å². The smallest absolute Gasteiger partial charge is 0.400 e. The Kier molecular flexibility index (Phi) is 5.31. The van der Waals surface area contributed by atoms with Gasteiger partial charge in [-0.15, -0.1) is 0 Å². The quantitative estimate of drug-likeness (QED) is 0.287. The van der Waals surface area contributed by atoms with Gasteiger partial charge in [0.1, 0.15) is 0 Å². The Morgan fingerprint density at radius 2 is 2.20 bits per heavy atom. The molecule has 0 aromatic heterocycles. The number of esters is 1. The molecule has 15 heavy (non-hydrogen) atoms. The van der Waals surface area contributed by atoms with Crippen molar-refractivity contribution < 1.29 is 14.5 Å². The van der Waals surface area contributed by atoms with E-state index in [1.807, 2.05) is 6.92 Å². The molecule has 0 bridgehead atoms. The van der Waals surface area contributed by atoms with Gasteiger partial charge in [-0.1, -0.05) is 19.8 Å². The minimum atomic E-state index is -2.23. The third-order valence-electron chi connectivity index (χ3n) is 2.16. The van der Waals surface area contributed by atoms with Crippen LogP contribution in [0.25, 0.3) is 0 Å². The number of carbonyl (C=O) groups excluding carboxylic acids is 1. The molecule has 1 atom stereocenters. The van der Waals surface area contributed by atoms with E-state index in [4.69, 9.17) is 5.26 Å². The van der Waals surface area contributed by atoms with Crippen molar-refractivity contribution in [2.24, 2.45) is 0 Å². The number of nitriles is 1. The van der Waals surface area contributed by atoms with Crippen LogP contribution in [0.3, 0.4) is 0 Å². The van der Waals surface area contributed by atoms with Gasteiger partial charge in [-0.05, 0) is 6.42 Å². The number of carbonyl (C=O) groups is 1. The lowest BCUT2D eigenvalue weighted by Crippen LogP contribution is -2.45. The van der Waals surface area contributed by atoms with Crippen LogP contribution >= 0.6 is 0 Å². The van der Waals surface area contributed by atoms with Crippen molar-refractivity contribution in [1.82, 2.24) is 0 Å². The van der Waals surface area contributed by atoms with Gasteiger partial charge in [0.05, 0.1) is 12.0 Å². The maximum Gasteiger partial charge on any atom is 0.400 e. The van der Waals surface area contributed by atoms with Crippen molar-refractivity contribution in [2.45, 2.75) is 38.1 Å². The molecule has 0 rings (SSSR count). The van der Waals surface area contributed by atoms with E-state index in [0.717, 1.165) is 20.0 Å². The standard InChI is InChI=1S/C9H14N2O4/c1-3-4-5-6-9(7-10,11(13)14)8(12)15-2/h3-6H2,1-2H3. The first-order valence-corrected chi connectivity index (χ1v) is 4.69. The van der Waals surface area contributed by atoms with E-state index in [0.29, 0.717) is 6.42 Å². The summed E-state index contributed by atoms with van der Waals surface area (Å²) in [7, 11) is 1.04. The average molecular weight is 214 g/mol. The first-order valence-electron chi connectivity index (χ1n) is 4.69. The van der Waals surface area contributed by atoms with Crippen molar-refractivity contribution in [2.75, 3.05) is 7.11 Å². The second kappa shape index (κ2) is 5.96. The van der Waals surface area contributed by atoms with Crippen LogP contribution < -0.4 is 0 Å². The first kappa shape index (κ1) is 13.4. The molecule has 0 aromatic rings. The van der Waals surface area contributed by atoms with Crippen molar-refractivity contribution >= 4 is 5.97 Å². The molecule has 0 spiro atoms. The second-order valence-electron chi connectivity index (χ2n) is 3.18. The molecule has 1 unspecified atom stereocenters. The minimum Gasteiger partial charge on any atom is -0.463 e. The number of nitro groups is 1. The number of hydrogen-bond donors (Lipinski definition) is 0. The van der Waals surface area contributed by atoms with Gasteiger partial charge in [-0.3, -0.25) is 10.1 Å². The van der Waals surface area contributed by atoms with Gasteiger partial charge in [-0.25, -0.2) is 4.79 Å². The zero-order valence-corrected chi connectivity index (χ0v) is 8.86. The maximum atomic E-state index is 11.2. The number of rotatable bonds is 6. The molecule has 0 N–H and O–H groups in total. The number of nitrogens with zero attached hydrogens (tertiary/aromatic N) is 2. The monoisotopic (exact) mass is 214 g/mol. The summed E-state index contributed by atoms with van der Waals surface area (Å²) in [6.45, 7) is 1.93. The summed E-state index contributed by atoms with van der Waals surface area (Å²) < 4.78 is 4.30. The van der Waals surface area contributed by atoms with Crippen LogP contribution in [0, 0.1) is 21.4 Å². The molecule has 0 amide bonds. The largest absolute Gasteiger partial charge is 0.463 e. The van der Waals surface area contributed by atoms with E-state index in [1.165, 1.54) is 6.07 Å². The minimum absolute atomic E-state index is 0.100. The van der Waals surface area contributed by atoms with E-state index >= 15 is 0 Å². The van der Waals surface area contributed by atoms with Gasteiger partial charge in [0.15, 0.2) is 6.07 Å². The Balaban J connectivity index is 4.77. The number of hydrogen-bond acceptors (Lipinski definition) is 5. The Hall–Kier alpha value is -1.64. The summed E-state index contributed by atoms with van der Waals surface area (Å²) in [4.78, 5) is 21.1. The van der Waals surface area contributed by atoms with Crippen LogP contribution in [0.5, 0.6) is 0 Å².